The highest BCUT2D eigenvalue weighted by Gasteiger charge is 2.20. The van der Waals surface area contributed by atoms with Crippen LogP contribution in [-0.4, -0.2) is 24.6 Å². The fourth-order valence-corrected chi connectivity index (χ4v) is 1.90. The lowest BCUT2D eigenvalue weighted by molar-refractivity contribution is -0.196. The van der Waals surface area contributed by atoms with Crippen molar-refractivity contribution >= 4 is 0 Å². The van der Waals surface area contributed by atoms with Crippen molar-refractivity contribution in [3.05, 3.63) is 35.9 Å². The van der Waals surface area contributed by atoms with Gasteiger partial charge in [-0.1, -0.05) is 30.3 Å². The third-order valence-electron chi connectivity index (χ3n) is 2.79. The van der Waals surface area contributed by atoms with Gasteiger partial charge in [-0.3, -0.25) is 0 Å². The van der Waals surface area contributed by atoms with E-state index in [0.717, 1.165) is 31.4 Å². The Kier molecular flexibility index (Phi) is 4.34. The molecule has 2 rings (SSSR count). The van der Waals surface area contributed by atoms with Gasteiger partial charge < -0.3 is 14.6 Å². The monoisotopic (exact) mass is 222 g/mol. The van der Waals surface area contributed by atoms with Gasteiger partial charge in [-0.05, 0) is 24.8 Å². The standard InChI is InChI=1S/C13H18O3/c14-10-12(11-6-2-1-3-7-11)16-13-8-4-5-9-15-13/h1-3,6-7,12-14H,4-5,8-10H2. The van der Waals surface area contributed by atoms with Gasteiger partial charge in [0.25, 0.3) is 0 Å². The summed E-state index contributed by atoms with van der Waals surface area (Å²) in [6.07, 6.45) is 2.73. The summed E-state index contributed by atoms with van der Waals surface area (Å²) in [6, 6.07) is 9.77. The molecule has 0 amide bonds. The summed E-state index contributed by atoms with van der Waals surface area (Å²) in [5, 5.41) is 9.33. The van der Waals surface area contributed by atoms with Crippen LogP contribution in [0.2, 0.25) is 0 Å². The number of aliphatic hydroxyl groups is 1. The summed E-state index contributed by atoms with van der Waals surface area (Å²) in [7, 11) is 0. The molecule has 1 aliphatic rings. The number of benzene rings is 1. The molecule has 1 fully saturated rings. The van der Waals surface area contributed by atoms with Gasteiger partial charge in [0, 0.05) is 6.61 Å². The van der Waals surface area contributed by atoms with Gasteiger partial charge in [0.2, 0.25) is 0 Å². The predicted molar refractivity (Wildman–Crippen MR) is 60.9 cm³/mol. The number of hydrogen-bond acceptors (Lipinski definition) is 3. The molecule has 1 heterocycles. The van der Waals surface area contributed by atoms with E-state index in [2.05, 4.69) is 0 Å². The van der Waals surface area contributed by atoms with Crippen LogP contribution in [0.4, 0.5) is 0 Å². The number of hydrogen-bond donors (Lipinski definition) is 1. The van der Waals surface area contributed by atoms with E-state index in [0.29, 0.717) is 0 Å². The van der Waals surface area contributed by atoms with E-state index < -0.39 is 0 Å². The minimum Gasteiger partial charge on any atom is -0.393 e. The van der Waals surface area contributed by atoms with Gasteiger partial charge in [-0.15, -0.1) is 0 Å². The highest BCUT2D eigenvalue weighted by Crippen LogP contribution is 2.23. The molecular weight excluding hydrogens is 204 g/mol. The normalized spacial score (nSPS) is 22.9. The van der Waals surface area contributed by atoms with Crippen LogP contribution in [0.15, 0.2) is 30.3 Å². The maximum absolute atomic E-state index is 9.33. The lowest BCUT2D eigenvalue weighted by atomic mass is 10.1. The van der Waals surface area contributed by atoms with Crippen LogP contribution in [0.3, 0.4) is 0 Å². The van der Waals surface area contributed by atoms with E-state index in [1.54, 1.807) is 0 Å². The summed E-state index contributed by atoms with van der Waals surface area (Å²) < 4.78 is 11.3. The van der Waals surface area contributed by atoms with Crippen LogP contribution >= 0.6 is 0 Å². The predicted octanol–water partition coefficient (Wildman–Crippen LogP) is 2.26. The van der Waals surface area contributed by atoms with Crippen molar-refractivity contribution in [3.63, 3.8) is 0 Å². The maximum atomic E-state index is 9.33. The molecule has 1 aromatic rings. The van der Waals surface area contributed by atoms with Crippen LogP contribution in [-0.2, 0) is 9.47 Å². The van der Waals surface area contributed by atoms with Crippen LogP contribution in [0.1, 0.15) is 30.9 Å². The zero-order valence-corrected chi connectivity index (χ0v) is 9.34. The van der Waals surface area contributed by atoms with Crippen LogP contribution in [0.5, 0.6) is 0 Å². The minimum absolute atomic E-state index is 0.0100. The molecule has 1 aliphatic heterocycles. The first-order valence-corrected chi connectivity index (χ1v) is 5.83. The Labute approximate surface area is 96.0 Å². The fraction of sp³-hybridized carbons (Fsp3) is 0.538. The highest BCUT2D eigenvalue weighted by atomic mass is 16.7. The summed E-state index contributed by atoms with van der Waals surface area (Å²) in [4.78, 5) is 0. The Morgan fingerprint density at radius 1 is 1.31 bits per heavy atom. The first-order valence-electron chi connectivity index (χ1n) is 5.83. The summed E-state index contributed by atoms with van der Waals surface area (Å²) >= 11 is 0. The fourth-order valence-electron chi connectivity index (χ4n) is 1.90. The van der Waals surface area contributed by atoms with Crippen molar-refractivity contribution in [2.24, 2.45) is 0 Å². The molecule has 3 heteroatoms. The Hall–Kier alpha value is -0.900. The van der Waals surface area contributed by atoms with Crippen molar-refractivity contribution in [1.82, 2.24) is 0 Å². The van der Waals surface area contributed by atoms with Gasteiger partial charge in [0.05, 0.1) is 6.61 Å². The Morgan fingerprint density at radius 2 is 2.12 bits per heavy atom. The number of rotatable bonds is 4. The molecule has 2 unspecified atom stereocenters. The summed E-state index contributed by atoms with van der Waals surface area (Å²) in [5.74, 6) is 0. The largest absolute Gasteiger partial charge is 0.393 e. The average Bonchev–Trinajstić information content (AvgIpc) is 2.38. The van der Waals surface area contributed by atoms with Crippen LogP contribution < -0.4 is 0 Å². The van der Waals surface area contributed by atoms with Crippen molar-refractivity contribution in [2.75, 3.05) is 13.2 Å². The molecule has 1 aromatic carbocycles. The third kappa shape index (κ3) is 3.04. The first-order chi connectivity index (χ1) is 7.90. The number of aliphatic hydroxyl groups excluding tert-OH is 1. The van der Waals surface area contributed by atoms with Crippen molar-refractivity contribution in [1.29, 1.82) is 0 Å². The zero-order chi connectivity index (χ0) is 11.2. The molecule has 3 nitrogen and oxygen atoms in total. The zero-order valence-electron chi connectivity index (χ0n) is 9.34. The van der Waals surface area contributed by atoms with Gasteiger partial charge in [0.15, 0.2) is 6.29 Å². The quantitative estimate of drug-likeness (QED) is 0.849. The molecule has 0 bridgehead atoms. The number of ether oxygens (including phenoxy) is 2. The molecule has 16 heavy (non-hydrogen) atoms. The summed E-state index contributed by atoms with van der Waals surface area (Å²) in [5.41, 5.74) is 0.999. The average molecular weight is 222 g/mol. The van der Waals surface area contributed by atoms with Crippen molar-refractivity contribution in [2.45, 2.75) is 31.7 Å². The SMILES string of the molecule is OCC(OC1CCCCO1)c1ccccc1. The Balaban J connectivity index is 1.94. The molecule has 2 atom stereocenters. The van der Waals surface area contributed by atoms with Gasteiger partial charge >= 0.3 is 0 Å². The van der Waals surface area contributed by atoms with E-state index in [-0.39, 0.29) is 19.0 Å². The molecule has 0 saturated carbocycles. The second-order valence-electron chi connectivity index (χ2n) is 4.01. The summed E-state index contributed by atoms with van der Waals surface area (Å²) in [6.45, 7) is 0.751. The molecule has 1 saturated heterocycles. The third-order valence-corrected chi connectivity index (χ3v) is 2.79. The van der Waals surface area contributed by atoms with Gasteiger partial charge in [-0.25, -0.2) is 0 Å². The maximum Gasteiger partial charge on any atom is 0.158 e. The van der Waals surface area contributed by atoms with Crippen molar-refractivity contribution in [3.8, 4) is 0 Å². The van der Waals surface area contributed by atoms with Crippen LogP contribution in [0.25, 0.3) is 0 Å². The van der Waals surface area contributed by atoms with E-state index in [1.165, 1.54) is 0 Å². The molecular formula is C13H18O3. The topological polar surface area (TPSA) is 38.7 Å². The highest BCUT2D eigenvalue weighted by molar-refractivity contribution is 5.17. The van der Waals surface area contributed by atoms with Gasteiger partial charge in [-0.2, -0.15) is 0 Å². The molecule has 0 radical (unpaired) electrons. The first kappa shape index (κ1) is 11.6. The van der Waals surface area contributed by atoms with E-state index in [1.807, 2.05) is 30.3 Å². The molecule has 0 aliphatic carbocycles. The second-order valence-corrected chi connectivity index (χ2v) is 4.01. The van der Waals surface area contributed by atoms with E-state index in [4.69, 9.17) is 9.47 Å². The van der Waals surface area contributed by atoms with E-state index >= 15 is 0 Å². The molecule has 1 N–H and O–H groups in total. The smallest absolute Gasteiger partial charge is 0.158 e. The van der Waals surface area contributed by atoms with Crippen molar-refractivity contribution < 1.29 is 14.6 Å². The molecule has 0 spiro atoms. The molecule has 88 valence electrons. The second kappa shape index (κ2) is 5.99. The lowest BCUT2D eigenvalue weighted by Gasteiger charge is -2.27. The minimum atomic E-state index is -0.274. The van der Waals surface area contributed by atoms with Crippen LogP contribution in [0, 0.1) is 0 Å². The lowest BCUT2D eigenvalue weighted by Crippen LogP contribution is -2.25. The Morgan fingerprint density at radius 3 is 2.75 bits per heavy atom. The van der Waals surface area contributed by atoms with Gasteiger partial charge in [0.1, 0.15) is 6.10 Å². The Bertz CT molecular complexity index is 293. The van der Waals surface area contributed by atoms with E-state index in [9.17, 15) is 5.11 Å². The molecule has 0 aromatic heterocycles.